The highest BCUT2D eigenvalue weighted by molar-refractivity contribution is 6.11. The number of hydrogen-bond donors (Lipinski definition) is 3. The van der Waals surface area contributed by atoms with Crippen molar-refractivity contribution >= 4 is 17.1 Å². The lowest BCUT2D eigenvalue weighted by Gasteiger charge is -2.36. The predicted molar refractivity (Wildman–Crippen MR) is 284 cm³/mol. The van der Waals surface area contributed by atoms with Crippen LogP contribution in [-0.4, -0.2) is 27.3 Å². The summed E-state index contributed by atoms with van der Waals surface area (Å²) in [5.41, 5.74) is 22.1. The molecule has 68 heavy (non-hydrogen) atoms. The fourth-order valence-corrected chi connectivity index (χ4v) is 7.15. The maximum Gasteiger partial charge on any atom is 0.156 e. The van der Waals surface area contributed by atoms with Gasteiger partial charge in [-0.25, -0.2) is 9.97 Å². The number of nitrogens with zero attached hydrogens (tertiary/aromatic N) is 10. The van der Waals surface area contributed by atoms with Crippen molar-refractivity contribution in [2.24, 2.45) is 48.1 Å². The van der Waals surface area contributed by atoms with Gasteiger partial charge in [-0.3, -0.25) is 9.98 Å². The second-order valence-corrected chi connectivity index (χ2v) is 13.8. The summed E-state index contributed by atoms with van der Waals surface area (Å²) in [6.45, 7) is 3.23. The third-order valence-corrected chi connectivity index (χ3v) is 9.96. The predicted octanol–water partition coefficient (Wildman–Crippen LogP) is 8.41. The van der Waals surface area contributed by atoms with Crippen LogP contribution < -0.4 is 16.5 Å². The lowest BCUT2D eigenvalue weighted by atomic mass is 9.70. The quantitative estimate of drug-likeness (QED) is 0.102. The first-order valence-corrected chi connectivity index (χ1v) is 20.4. The van der Waals surface area contributed by atoms with Crippen molar-refractivity contribution < 1.29 is 15.7 Å². The van der Waals surface area contributed by atoms with E-state index in [4.69, 9.17) is 32.6 Å². The van der Waals surface area contributed by atoms with Gasteiger partial charge in [-0.1, -0.05) is 41.5 Å². The van der Waals surface area contributed by atoms with E-state index in [0.717, 1.165) is 79.4 Å². The summed E-state index contributed by atoms with van der Waals surface area (Å²) in [5.74, 6) is 67.3. The molecule has 7 rings (SSSR count). The Balaban J connectivity index is -0.000000212. The molecule has 0 saturated carbocycles. The topological polar surface area (TPSA) is 192 Å². The van der Waals surface area contributed by atoms with Crippen LogP contribution in [-0.2, 0) is 19.4 Å². The van der Waals surface area contributed by atoms with E-state index in [1.54, 1.807) is 6.92 Å². The molecule has 0 fully saturated rings. The number of terminal acetylenes is 1. The van der Waals surface area contributed by atoms with Gasteiger partial charge in [-0.15, -0.1) is 6.42 Å². The molecule has 1 aromatic carbocycles. The number of aromatic nitrogens is 3. The van der Waals surface area contributed by atoms with Gasteiger partial charge < -0.3 is 16.5 Å². The molecule has 342 valence electrons. The molecule has 4 aliphatic rings. The third kappa shape index (κ3) is 14.5. The molecule has 2 aromatic heterocycles. The number of anilines is 1. The van der Waals surface area contributed by atoms with Crippen LogP contribution in [0.3, 0.4) is 0 Å². The Labute approximate surface area is 413 Å². The molecule has 2 aliphatic carbocycles. The molecular formula is C55H57N13. The van der Waals surface area contributed by atoms with E-state index >= 15 is 0 Å². The minimum Gasteiger partial charge on any atom is -0.323 e. The number of nitrogens with one attached hydrogen (secondary N) is 1. The summed E-state index contributed by atoms with van der Waals surface area (Å²) in [6.07, 6.45) is 17.3. The number of aryl methyl sites for hydroxylation is 1. The lowest BCUT2D eigenvalue weighted by Crippen LogP contribution is -2.36. The SMILES string of the molecule is C#CC#CC#CC#CC#CC#CC#CC#CC#CC#CC#CC#CC#CC.N=N/N=N/N=N/N.N[C@H]1c2ccccc2C[C@]12CC=C(c1cnc3c(n1)CN=C3N1CCCc3ncccc31)CC2.[HH].[HH].[HH].[HH].[HH].[HH].[HH].[HH].[HH].[HH].[HH]. The van der Waals surface area contributed by atoms with Crippen molar-refractivity contribution in [1.29, 1.82) is 5.53 Å². The Morgan fingerprint density at radius 3 is 1.93 bits per heavy atom. The molecule has 4 heterocycles. The molecule has 1 spiro atoms. The van der Waals surface area contributed by atoms with Crippen LogP contribution in [0.2, 0.25) is 0 Å². The molecule has 0 bridgehead atoms. The van der Waals surface area contributed by atoms with Crippen molar-refractivity contribution in [2.45, 2.75) is 58.0 Å². The molecule has 0 unspecified atom stereocenters. The summed E-state index contributed by atoms with van der Waals surface area (Å²) in [6, 6.07) is 12.9. The first-order valence-electron chi connectivity index (χ1n) is 20.4. The van der Waals surface area contributed by atoms with E-state index in [-0.39, 0.29) is 27.1 Å². The normalized spacial score (nSPS) is 15.1. The average molecular weight is 900 g/mol. The molecule has 3 aromatic rings. The largest absolute Gasteiger partial charge is 0.323 e. The van der Waals surface area contributed by atoms with Crippen molar-refractivity contribution in [3.63, 3.8) is 0 Å². The highest BCUT2D eigenvalue weighted by Gasteiger charge is 2.44. The Morgan fingerprint density at radius 2 is 1.37 bits per heavy atom. The number of amidine groups is 1. The number of nitrogens with two attached hydrogens (primary N) is 2. The van der Waals surface area contributed by atoms with E-state index in [1.165, 1.54) is 16.7 Å². The van der Waals surface area contributed by atoms with E-state index < -0.39 is 0 Å². The monoisotopic (exact) mass is 899 g/mol. The Morgan fingerprint density at radius 1 is 0.750 bits per heavy atom. The average Bonchev–Trinajstić information content (AvgIpc) is 3.92. The summed E-state index contributed by atoms with van der Waals surface area (Å²) < 4.78 is 0. The lowest BCUT2D eigenvalue weighted by molar-refractivity contribution is 0.224. The maximum absolute atomic E-state index is 6.75. The molecule has 13 heteroatoms. The number of fused-ring (bicyclic) bond motifs is 3. The van der Waals surface area contributed by atoms with Crippen LogP contribution in [0.25, 0.3) is 5.57 Å². The van der Waals surface area contributed by atoms with Crippen molar-refractivity contribution in [1.82, 2.24) is 15.0 Å². The summed E-state index contributed by atoms with van der Waals surface area (Å²) in [7, 11) is 0. The number of rotatable bonds is 3. The minimum atomic E-state index is 0. The second-order valence-electron chi connectivity index (χ2n) is 13.8. The highest BCUT2D eigenvalue weighted by atomic mass is 15.6. The third-order valence-electron chi connectivity index (χ3n) is 9.96. The van der Waals surface area contributed by atoms with Gasteiger partial charge in [-0.2, -0.15) is 5.53 Å². The number of benzene rings is 1. The van der Waals surface area contributed by atoms with Gasteiger partial charge in [0.2, 0.25) is 0 Å². The molecule has 13 nitrogen and oxygen atoms in total. The number of pyridine rings is 1. The van der Waals surface area contributed by atoms with E-state index in [9.17, 15) is 0 Å². The zero-order chi connectivity index (χ0) is 47.9. The first kappa shape index (κ1) is 48.5. The van der Waals surface area contributed by atoms with Gasteiger partial charge in [0, 0.05) is 81.8 Å². The van der Waals surface area contributed by atoms with Crippen molar-refractivity contribution in [3.05, 3.63) is 88.8 Å². The Hall–Kier alpha value is -10.5. The van der Waals surface area contributed by atoms with Gasteiger partial charge in [0.1, 0.15) is 5.69 Å². The van der Waals surface area contributed by atoms with E-state index in [1.807, 2.05) is 18.5 Å². The smallest absolute Gasteiger partial charge is 0.156 e. The van der Waals surface area contributed by atoms with Gasteiger partial charge in [0.05, 0.1) is 35.5 Å². The van der Waals surface area contributed by atoms with Crippen molar-refractivity contribution in [3.8, 4) is 154 Å². The van der Waals surface area contributed by atoms with Crippen LogP contribution in [0.15, 0.2) is 86.0 Å². The van der Waals surface area contributed by atoms with E-state index in [2.05, 4.69) is 226 Å². The summed E-state index contributed by atoms with van der Waals surface area (Å²) in [5, 5.41) is 13.5. The maximum atomic E-state index is 6.75. The van der Waals surface area contributed by atoms with Crippen LogP contribution in [0, 0.1) is 165 Å². The van der Waals surface area contributed by atoms with Gasteiger partial charge in [0.25, 0.3) is 0 Å². The number of aliphatic imine (C=N–C) groups is 1. The molecule has 0 radical (unpaired) electrons. The minimum absolute atomic E-state index is 0. The number of allylic oxidation sites excluding steroid dienone is 2. The Kier molecular flexibility index (Phi) is 19.7. The van der Waals surface area contributed by atoms with Crippen LogP contribution in [0.1, 0.15) is 88.2 Å². The number of hydrogen-bond acceptors (Lipinski definition) is 8. The molecular weight excluding hydrogens is 843 g/mol. The van der Waals surface area contributed by atoms with Crippen LogP contribution in [0.5, 0.6) is 0 Å². The van der Waals surface area contributed by atoms with Crippen molar-refractivity contribution in [2.75, 3.05) is 11.4 Å². The van der Waals surface area contributed by atoms with Gasteiger partial charge >= 0.3 is 0 Å². The van der Waals surface area contributed by atoms with Gasteiger partial charge in [-0.05, 0) is 195 Å². The Bertz CT molecular complexity index is 3470. The second kappa shape index (κ2) is 27.5. The molecule has 0 amide bonds. The van der Waals surface area contributed by atoms with Crippen LogP contribution >= 0.6 is 0 Å². The highest BCUT2D eigenvalue weighted by Crippen LogP contribution is 2.53. The standard InChI is InChI=1S/C28H28N6.C27H4.H3N7.11H2/c29-26-20-6-2-1-5-19(20)15-28(26)11-9-18(10-12-28)22-16-31-25-23(33-22)17-32-27(25)34-14-4-7-21-24(34)8-3-13-30-21;1-3-5-7-9-11-13-15-17-19-21-23-25-27-26-24-22-20-18-16-14-12-10-8-6-4-2;1-3-5-7-6-4-2;;;;;;;;;;;/h1-3,5-6,8-9,13,16,26H,4,7,10-12,14-15,17,29H2;1H,2H3;(H3,1,2,5,6);11*1H/t26-,28+;;;;;;;;;;;;;/m0............./s1. The van der Waals surface area contributed by atoms with E-state index in [0.29, 0.717) is 6.54 Å². The fraction of sp³-hybridized carbons (Fsp3) is 0.200. The summed E-state index contributed by atoms with van der Waals surface area (Å²) >= 11 is 0. The first-order chi connectivity index (χ1) is 33.5. The van der Waals surface area contributed by atoms with Gasteiger partial charge in [0.15, 0.2) is 5.84 Å². The summed E-state index contributed by atoms with van der Waals surface area (Å²) in [4.78, 5) is 21.6. The molecule has 2 aliphatic heterocycles. The fourth-order valence-electron chi connectivity index (χ4n) is 7.15. The zero-order valence-electron chi connectivity index (χ0n) is 36.6. The molecule has 0 saturated heterocycles. The molecule has 5 N–H and O–H groups in total. The zero-order valence-corrected chi connectivity index (χ0v) is 36.6. The molecule has 2 atom stereocenters. The van der Waals surface area contributed by atoms with Crippen LogP contribution in [0.4, 0.5) is 5.69 Å².